The lowest BCUT2D eigenvalue weighted by atomic mass is 9.91. The van der Waals surface area contributed by atoms with Crippen LogP contribution in [0.3, 0.4) is 0 Å². The third-order valence-electron chi connectivity index (χ3n) is 5.43. The largest absolute Gasteiger partial charge is 0.347 e. The normalized spacial score (nSPS) is 19.8. The SMILES string of the molecule is CCCn1nc(C(=O)NCc2ccccc2CN2C[C@H](C)C[C@H](C)C2)ccc1=O. The summed E-state index contributed by atoms with van der Waals surface area (Å²) in [5.74, 6) is 1.18. The van der Waals surface area contributed by atoms with Crippen molar-refractivity contribution in [3.63, 3.8) is 0 Å². The van der Waals surface area contributed by atoms with Crippen molar-refractivity contribution >= 4 is 5.91 Å². The molecule has 0 bridgehead atoms. The molecule has 1 fully saturated rings. The quantitative estimate of drug-likeness (QED) is 0.781. The lowest BCUT2D eigenvalue weighted by Crippen LogP contribution is -2.38. The molecule has 0 radical (unpaired) electrons. The van der Waals surface area contributed by atoms with Gasteiger partial charge in [-0.15, -0.1) is 0 Å². The van der Waals surface area contributed by atoms with Gasteiger partial charge in [-0.3, -0.25) is 14.5 Å². The van der Waals surface area contributed by atoms with Gasteiger partial charge in [-0.1, -0.05) is 45.0 Å². The predicted molar refractivity (Wildman–Crippen MR) is 115 cm³/mol. The van der Waals surface area contributed by atoms with E-state index < -0.39 is 0 Å². The Kier molecular flexibility index (Phi) is 7.20. The van der Waals surface area contributed by atoms with Gasteiger partial charge in [0.1, 0.15) is 5.69 Å². The molecule has 1 aliphatic rings. The summed E-state index contributed by atoms with van der Waals surface area (Å²) in [6, 6.07) is 11.2. The molecule has 0 spiro atoms. The van der Waals surface area contributed by atoms with Crippen LogP contribution in [0.15, 0.2) is 41.2 Å². The zero-order chi connectivity index (χ0) is 20.8. The zero-order valence-corrected chi connectivity index (χ0v) is 17.7. The fourth-order valence-corrected chi connectivity index (χ4v) is 4.25. The first-order chi connectivity index (χ1) is 14.0. The van der Waals surface area contributed by atoms with E-state index in [-0.39, 0.29) is 17.2 Å². The number of hydrogen-bond donors (Lipinski definition) is 1. The second-order valence-corrected chi connectivity index (χ2v) is 8.37. The molecule has 3 rings (SSSR count). The van der Waals surface area contributed by atoms with Crippen molar-refractivity contribution in [2.24, 2.45) is 11.8 Å². The summed E-state index contributed by atoms with van der Waals surface area (Å²) in [6.07, 6.45) is 2.08. The molecule has 29 heavy (non-hydrogen) atoms. The van der Waals surface area contributed by atoms with Crippen molar-refractivity contribution in [1.82, 2.24) is 20.0 Å². The number of benzene rings is 1. The van der Waals surface area contributed by atoms with Crippen LogP contribution >= 0.6 is 0 Å². The smallest absolute Gasteiger partial charge is 0.271 e. The minimum Gasteiger partial charge on any atom is -0.347 e. The maximum atomic E-state index is 12.6. The average molecular weight is 397 g/mol. The Balaban J connectivity index is 1.66. The lowest BCUT2D eigenvalue weighted by Gasteiger charge is -2.35. The van der Waals surface area contributed by atoms with E-state index >= 15 is 0 Å². The fourth-order valence-electron chi connectivity index (χ4n) is 4.25. The number of nitrogens with one attached hydrogen (secondary N) is 1. The topological polar surface area (TPSA) is 67.2 Å². The molecule has 1 saturated heterocycles. The van der Waals surface area contributed by atoms with Gasteiger partial charge in [-0.25, -0.2) is 4.68 Å². The van der Waals surface area contributed by atoms with Gasteiger partial charge in [0.2, 0.25) is 0 Å². The minimum atomic E-state index is -0.259. The van der Waals surface area contributed by atoms with Crippen molar-refractivity contribution in [3.05, 3.63) is 63.6 Å². The number of carbonyl (C=O) groups excluding carboxylic acids is 1. The van der Waals surface area contributed by atoms with Crippen LogP contribution in [0, 0.1) is 11.8 Å². The Labute approximate surface area is 172 Å². The Morgan fingerprint density at radius 2 is 1.79 bits per heavy atom. The van der Waals surface area contributed by atoms with E-state index in [0.29, 0.717) is 13.1 Å². The third-order valence-corrected chi connectivity index (χ3v) is 5.43. The summed E-state index contributed by atoms with van der Waals surface area (Å²) in [4.78, 5) is 26.9. The molecule has 2 heterocycles. The summed E-state index contributed by atoms with van der Waals surface area (Å²) >= 11 is 0. The molecule has 1 aliphatic heterocycles. The van der Waals surface area contributed by atoms with Crippen LogP contribution in [0.2, 0.25) is 0 Å². The molecular formula is C23H32N4O2. The average Bonchev–Trinajstić information content (AvgIpc) is 2.68. The molecule has 0 aliphatic carbocycles. The van der Waals surface area contributed by atoms with Crippen LogP contribution in [0.5, 0.6) is 0 Å². The number of rotatable bonds is 7. The Bertz CT molecular complexity index is 882. The second kappa shape index (κ2) is 9.83. The highest BCUT2D eigenvalue weighted by atomic mass is 16.2. The minimum absolute atomic E-state index is 0.182. The second-order valence-electron chi connectivity index (χ2n) is 8.37. The van der Waals surface area contributed by atoms with Gasteiger partial charge in [-0.05, 0) is 41.9 Å². The first kappa shape index (κ1) is 21.2. The molecule has 0 saturated carbocycles. The first-order valence-corrected chi connectivity index (χ1v) is 10.6. The monoisotopic (exact) mass is 396 g/mol. The predicted octanol–water partition coefficient (Wildman–Crippen LogP) is 3.06. The highest BCUT2D eigenvalue weighted by Gasteiger charge is 2.22. The van der Waals surface area contributed by atoms with Crippen molar-refractivity contribution in [2.75, 3.05) is 13.1 Å². The number of amides is 1. The highest BCUT2D eigenvalue weighted by molar-refractivity contribution is 5.91. The summed E-state index contributed by atoms with van der Waals surface area (Å²) < 4.78 is 1.35. The van der Waals surface area contributed by atoms with Gasteiger partial charge in [0, 0.05) is 38.8 Å². The number of aryl methyl sites for hydroxylation is 1. The number of piperidine rings is 1. The Morgan fingerprint density at radius 1 is 1.10 bits per heavy atom. The number of hydrogen-bond acceptors (Lipinski definition) is 4. The summed E-state index contributed by atoms with van der Waals surface area (Å²) in [5, 5.41) is 7.15. The summed E-state index contributed by atoms with van der Waals surface area (Å²) in [7, 11) is 0. The molecule has 2 aromatic rings. The molecule has 156 valence electrons. The number of likely N-dealkylation sites (tertiary alicyclic amines) is 1. The number of nitrogens with zero attached hydrogens (tertiary/aromatic N) is 3. The van der Waals surface area contributed by atoms with E-state index in [0.717, 1.165) is 43.5 Å². The maximum Gasteiger partial charge on any atom is 0.271 e. The fraction of sp³-hybridized carbons (Fsp3) is 0.522. The van der Waals surface area contributed by atoms with Crippen molar-refractivity contribution < 1.29 is 4.79 Å². The molecule has 1 aromatic carbocycles. The molecule has 6 heteroatoms. The summed E-state index contributed by atoms with van der Waals surface area (Å²) in [5.41, 5.74) is 2.46. The molecule has 6 nitrogen and oxygen atoms in total. The molecule has 2 atom stereocenters. The van der Waals surface area contributed by atoms with Crippen LogP contribution in [0.25, 0.3) is 0 Å². The number of aromatic nitrogens is 2. The van der Waals surface area contributed by atoms with E-state index in [2.05, 4.69) is 47.4 Å². The van der Waals surface area contributed by atoms with Crippen LogP contribution in [-0.4, -0.2) is 33.7 Å². The van der Waals surface area contributed by atoms with Gasteiger partial charge in [0.05, 0.1) is 0 Å². The third kappa shape index (κ3) is 5.76. The number of carbonyl (C=O) groups is 1. The first-order valence-electron chi connectivity index (χ1n) is 10.6. The van der Waals surface area contributed by atoms with Gasteiger partial charge < -0.3 is 5.32 Å². The van der Waals surface area contributed by atoms with Gasteiger partial charge >= 0.3 is 0 Å². The van der Waals surface area contributed by atoms with Gasteiger partial charge in [0.15, 0.2) is 0 Å². The van der Waals surface area contributed by atoms with Crippen LogP contribution in [-0.2, 0) is 19.6 Å². The Morgan fingerprint density at radius 3 is 2.48 bits per heavy atom. The van der Waals surface area contributed by atoms with E-state index in [9.17, 15) is 9.59 Å². The Hall–Kier alpha value is -2.47. The van der Waals surface area contributed by atoms with Crippen LogP contribution in [0.4, 0.5) is 0 Å². The van der Waals surface area contributed by atoms with Crippen molar-refractivity contribution in [2.45, 2.75) is 53.2 Å². The maximum absolute atomic E-state index is 12.6. The molecular weight excluding hydrogens is 364 g/mol. The molecule has 1 amide bonds. The van der Waals surface area contributed by atoms with E-state index in [4.69, 9.17) is 0 Å². The van der Waals surface area contributed by atoms with Gasteiger partial charge in [0.25, 0.3) is 11.5 Å². The standard InChI is InChI=1S/C23H32N4O2/c1-4-11-27-22(28)10-9-21(25-27)23(29)24-13-19-7-5-6-8-20(19)16-26-14-17(2)12-18(3)15-26/h5-10,17-18H,4,11-16H2,1-3H3,(H,24,29)/t17-,18+. The van der Waals surface area contributed by atoms with Gasteiger partial charge in [-0.2, -0.15) is 5.10 Å². The highest BCUT2D eigenvalue weighted by Crippen LogP contribution is 2.23. The van der Waals surface area contributed by atoms with Crippen molar-refractivity contribution in [3.8, 4) is 0 Å². The lowest BCUT2D eigenvalue weighted by molar-refractivity contribution is 0.0943. The molecule has 1 N–H and O–H groups in total. The van der Waals surface area contributed by atoms with E-state index in [1.807, 2.05) is 13.0 Å². The van der Waals surface area contributed by atoms with Crippen LogP contribution < -0.4 is 10.9 Å². The van der Waals surface area contributed by atoms with E-state index in [1.54, 1.807) is 0 Å². The van der Waals surface area contributed by atoms with Crippen LogP contribution in [0.1, 0.15) is 55.2 Å². The molecule has 1 aromatic heterocycles. The molecule has 0 unspecified atom stereocenters. The van der Waals surface area contributed by atoms with Crippen molar-refractivity contribution in [1.29, 1.82) is 0 Å². The summed E-state index contributed by atoms with van der Waals surface area (Å²) in [6.45, 7) is 10.7. The zero-order valence-electron chi connectivity index (χ0n) is 17.7. The van der Waals surface area contributed by atoms with E-state index in [1.165, 1.54) is 28.8 Å².